The smallest absolute Gasteiger partial charge is 0.560 e. The SMILES string of the molecule is O=[Si]([O-])F.O=[Si]([O-])F.[Sr+2]. The van der Waals surface area contributed by atoms with Gasteiger partial charge >= 0.3 is 64.0 Å². The molecular formula is F2O4Si2Sr. The predicted molar refractivity (Wildman–Crippen MR) is 20.9 cm³/mol. The average molecular weight is 246 g/mol. The molecule has 0 aromatic heterocycles. The molecule has 0 fully saturated rings. The van der Waals surface area contributed by atoms with Crippen LogP contribution in [0.25, 0.3) is 0 Å². The van der Waals surface area contributed by atoms with Crippen molar-refractivity contribution in [3.63, 3.8) is 0 Å². The van der Waals surface area contributed by atoms with Crippen LogP contribution in [-0.4, -0.2) is 64.0 Å². The Bertz CT molecular complexity index is 74.6. The van der Waals surface area contributed by atoms with E-state index < -0.39 is 18.5 Å². The van der Waals surface area contributed by atoms with E-state index >= 15 is 0 Å². The van der Waals surface area contributed by atoms with E-state index in [9.17, 15) is 8.22 Å². The van der Waals surface area contributed by atoms with Gasteiger partial charge in [-0.1, -0.05) is 0 Å². The molecule has 48 valence electrons. The molecular weight excluding hydrogens is 246 g/mol. The first-order valence-electron chi connectivity index (χ1n) is 1.19. The predicted octanol–water partition coefficient (Wildman–Crippen LogP) is -2.92. The number of rotatable bonds is 0. The van der Waals surface area contributed by atoms with Crippen LogP contribution in [0.5, 0.6) is 0 Å². The molecule has 9 heavy (non-hydrogen) atoms. The number of hydrogen-bond acceptors (Lipinski definition) is 4. The van der Waals surface area contributed by atoms with Crippen LogP contribution in [0.1, 0.15) is 0 Å². The Morgan fingerprint density at radius 3 is 1.00 bits per heavy atom. The minimum Gasteiger partial charge on any atom is -0.560 e. The zero-order chi connectivity index (χ0) is 7.15. The van der Waals surface area contributed by atoms with Gasteiger partial charge in [0.15, 0.2) is 0 Å². The summed E-state index contributed by atoms with van der Waals surface area (Å²) >= 11 is 0. The molecule has 0 radical (unpaired) electrons. The van der Waals surface area contributed by atoms with E-state index in [2.05, 4.69) is 0 Å². The topological polar surface area (TPSA) is 80.3 Å². The number of hydrogen-bond donors (Lipinski definition) is 0. The van der Waals surface area contributed by atoms with Crippen LogP contribution in [-0.2, 0) is 8.92 Å². The number of halogens is 2. The fraction of sp³-hybridized carbons (Fsp3) is 0. The van der Waals surface area contributed by atoms with E-state index in [0.29, 0.717) is 0 Å². The van der Waals surface area contributed by atoms with Gasteiger partial charge < -0.3 is 18.5 Å². The summed E-state index contributed by atoms with van der Waals surface area (Å²) in [6.45, 7) is 0. The van der Waals surface area contributed by atoms with Gasteiger partial charge in [-0.3, -0.25) is 8.22 Å². The minimum absolute atomic E-state index is 0. The van der Waals surface area contributed by atoms with Crippen molar-refractivity contribution in [3.8, 4) is 0 Å². The Labute approximate surface area is 89.7 Å². The van der Waals surface area contributed by atoms with Gasteiger partial charge in [-0.15, -0.1) is 0 Å². The van der Waals surface area contributed by atoms with Crippen LogP contribution in [0.2, 0.25) is 0 Å². The molecule has 0 heterocycles. The summed E-state index contributed by atoms with van der Waals surface area (Å²) in [6.07, 6.45) is 0. The molecule has 0 aliphatic carbocycles. The molecule has 0 spiro atoms. The molecule has 0 aromatic carbocycles. The summed E-state index contributed by atoms with van der Waals surface area (Å²) in [5, 5.41) is 0. The van der Waals surface area contributed by atoms with Gasteiger partial charge in [0.05, 0.1) is 0 Å². The minimum atomic E-state index is -3.88. The van der Waals surface area contributed by atoms with Gasteiger partial charge in [-0.25, -0.2) is 0 Å². The molecule has 0 rings (SSSR count). The van der Waals surface area contributed by atoms with Crippen LogP contribution in [0.3, 0.4) is 0 Å². The third-order valence-electron chi connectivity index (χ3n) is 0. The van der Waals surface area contributed by atoms with E-state index in [-0.39, 0.29) is 45.5 Å². The van der Waals surface area contributed by atoms with Crippen molar-refractivity contribution >= 4 is 64.0 Å². The molecule has 0 saturated carbocycles. The maximum atomic E-state index is 9.99. The Balaban J connectivity index is -0.0000000720. The molecule has 0 aromatic rings. The summed E-state index contributed by atoms with van der Waals surface area (Å²) in [5.74, 6) is 0. The van der Waals surface area contributed by atoms with Crippen molar-refractivity contribution in [1.82, 2.24) is 0 Å². The zero-order valence-corrected chi connectivity index (χ0v) is 9.57. The van der Waals surface area contributed by atoms with Crippen LogP contribution < -0.4 is 9.59 Å². The second kappa shape index (κ2) is 11.7. The maximum Gasteiger partial charge on any atom is 2.00 e. The summed E-state index contributed by atoms with van der Waals surface area (Å²) in [4.78, 5) is 16.8. The van der Waals surface area contributed by atoms with Crippen LogP contribution in [0, 0.1) is 0 Å². The van der Waals surface area contributed by atoms with Gasteiger partial charge in [-0.2, -0.15) is 0 Å². The molecule has 0 amide bonds. The molecule has 0 aliphatic heterocycles. The van der Waals surface area contributed by atoms with Gasteiger partial charge in [0, 0.05) is 0 Å². The molecule has 9 heteroatoms. The van der Waals surface area contributed by atoms with Gasteiger partial charge in [0.1, 0.15) is 0 Å². The van der Waals surface area contributed by atoms with Crippen molar-refractivity contribution in [2.75, 3.05) is 0 Å². The van der Waals surface area contributed by atoms with Crippen molar-refractivity contribution in [2.24, 2.45) is 0 Å². The molecule has 0 N–H and O–H groups in total. The second-order valence-corrected chi connectivity index (χ2v) is 1.43. The second-order valence-electron chi connectivity index (χ2n) is 0.475. The standard InChI is InChI=1S/2FO2Si.Sr/c2*1-4(2)3;/q2*-1;+2. The van der Waals surface area contributed by atoms with E-state index in [0.717, 1.165) is 0 Å². The largest absolute Gasteiger partial charge is 2.00 e. The normalized spacial score (nSPS) is 5.56. The monoisotopic (exact) mass is 246 g/mol. The maximum absolute atomic E-state index is 9.99. The summed E-state index contributed by atoms with van der Waals surface area (Å²) in [5.41, 5.74) is 0. The molecule has 0 saturated heterocycles. The Morgan fingerprint density at radius 2 is 1.00 bits per heavy atom. The third-order valence-corrected chi connectivity index (χ3v) is 0. The van der Waals surface area contributed by atoms with Gasteiger partial charge in [0.2, 0.25) is 0 Å². The first-order valence-corrected chi connectivity index (χ1v) is 3.58. The summed E-state index contributed by atoms with van der Waals surface area (Å²) in [6, 6.07) is 0. The van der Waals surface area contributed by atoms with Gasteiger partial charge in [0.25, 0.3) is 0 Å². The van der Waals surface area contributed by atoms with Crippen LogP contribution in [0.4, 0.5) is 8.22 Å². The van der Waals surface area contributed by atoms with E-state index in [4.69, 9.17) is 18.5 Å². The molecule has 0 aliphatic rings. The third kappa shape index (κ3) is 460. The summed E-state index contributed by atoms with van der Waals surface area (Å²) < 4.78 is 36.8. The van der Waals surface area contributed by atoms with E-state index in [1.165, 1.54) is 0 Å². The zero-order valence-electron chi connectivity index (χ0n) is 4.10. The molecule has 0 bridgehead atoms. The van der Waals surface area contributed by atoms with E-state index in [1.807, 2.05) is 0 Å². The van der Waals surface area contributed by atoms with Crippen molar-refractivity contribution < 1.29 is 26.7 Å². The first kappa shape index (κ1) is 16.5. The Hall–Kier alpha value is 0.974. The first-order chi connectivity index (χ1) is 3.46. The van der Waals surface area contributed by atoms with Gasteiger partial charge in [-0.05, 0) is 0 Å². The Morgan fingerprint density at radius 1 is 1.00 bits per heavy atom. The fourth-order valence-corrected chi connectivity index (χ4v) is 0. The molecule has 4 nitrogen and oxygen atoms in total. The fourth-order valence-electron chi connectivity index (χ4n) is 0. The molecule has 0 unspecified atom stereocenters. The molecule has 0 atom stereocenters. The van der Waals surface area contributed by atoms with Crippen molar-refractivity contribution in [2.45, 2.75) is 0 Å². The van der Waals surface area contributed by atoms with Crippen molar-refractivity contribution in [3.05, 3.63) is 0 Å². The van der Waals surface area contributed by atoms with E-state index in [1.54, 1.807) is 0 Å². The summed E-state index contributed by atoms with van der Waals surface area (Å²) in [7, 11) is -7.76. The quantitative estimate of drug-likeness (QED) is 0.338. The van der Waals surface area contributed by atoms with Crippen LogP contribution >= 0.6 is 0 Å². The average Bonchev–Trinajstić information content (AvgIpc) is 1.25. The van der Waals surface area contributed by atoms with Crippen LogP contribution in [0.15, 0.2) is 0 Å². The Kier molecular flexibility index (Phi) is 21.5. The van der Waals surface area contributed by atoms with Crippen molar-refractivity contribution in [1.29, 1.82) is 0 Å².